The highest BCUT2D eigenvalue weighted by molar-refractivity contribution is 7.99. The first-order chi connectivity index (χ1) is 18.8. The molecule has 7 heteroatoms. The number of nitrogens with zero attached hydrogens (tertiary/aromatic N) is 2. The van der Waals surface area contributed by atoms with Gasteiger partial charge in [-0.1, -0.05) is 36.0 Å². The minimum Gasteiger partial charge on any atom is -0.497 e. The number of hydrogen-bond donors (Lipinski definition) is 1. The number of aromatic nitrogens is 1. The van der Waals surface area contributed by atoms with Crippen LogP contribution in [0.4, 0.5) is 5.69 Å². The number of aliphatic imine (C=N–C) groups is 1. The fraction of sp³-hybridized carbons (Fsp3) is 0.188. The lowest BCUT2D eigenvalue weighted by Gasteiger charge is -2.29. The van der Waals surface area contributed by atoms with Crippen LogP contribution >= 0.6 is 11.8 Å². The molecule has 2 heterocycles. The molecule has 0 aliphatic carbocycles. The van der Waals surface area contributed by atoms with Crippen molar-refractivity contribution in [2.24, 2.45) is 4.99 Å². The molecule has 1 aliphatic rings. The number of anilines is 1. The average Bonchev–Trinajstić information content (AvgIpc) is 2.93. The smallest absolute Gasteiger partial charge is 0.258 e. The molecule has 1 amide bonds. The number of Topliss-reactive ketones (excluding diaryl/α,β-unsaturated/α-hetero) is 1. The Bertz CT molecular complexity index is 1550. The molecule has 0 fully saturated rings. The van der Waals surface area contributed by atoms with Crippen molar-refractivity contribution in [3.8, 4) is 5.75 Å². The quantitative estimate of drug-likeness (QED) is 0.249. The maximum Gasteiger partial charge on any atom is 0.258 e. The number of carbonyl (C=O) groups excluding carboxylic acids is 2. The Morgan fingerprint density at radius 3 is 2.49 bits per heavy atom. The first kappa shape index (κ1) is 26.4. The van der Waals surface area contributed by atoms with Crippen LogP contribution in [0.2, 0.25) is 0 Å². The second-order valence-electron chi connectivity index (χ2n) is 9.97. The number of benzene rings is 3. The van der Waals surface area contributed by atoms with E-state index in [1.165, 1.54) is 11.8 Å². The summed E-state index contributed by atoms with van der Waals surface area (Å²) in [6, 6.07) is 26.2. The Labute approximate surface area is 232 Å². The van der Waals surface area contributed by atoms with Gasteiger partial charge in [0.2, 0.25) is 0 Å². The highest BCUT2D eigenvalue weighted by Crippen LogP contribution is 2.31. The Morgan fingerprint density at radius 1 is 0.974 bits per heavy atom. The molecule has 5 rings (SSSR count). The molecule has 4 aromatic rings. The van der Waals surface area contributed by atoms with E-state index in [0.29, 0.717) is 21.8 Å². The molecule has 0 radical (unpaired) electrons. The average molecular weight is 536 g/mol. The molecule has 196 valence electrons. The number of amides is 1. The number of carbonyl (C=O) groups is 2. The number of fused-ring (bicyclic) bond motifs is 1. The number of hydrogen-bond acceptors (Lipinski definition) is 6. The summed E-state index contributed by atoms with van der Waals surface area (Å²) in [5.41, 5.74) is 4.26. The third-order valence-corrected chi connectivity index (χ3v) is 7.48. The third-order valence-electron chi connectivity index (χ3n) is 6.45. The maximum atomic E-state index is 13.3. The molecule has 0 unspecified atom stereocenters. The SMILES string of the molecule is COc1ccc2c(c1)C(CC(=O)c1ccc(NC(=O)c3cccnc3Sc3ccccc3)cc1)=NC(C)(C)C2. The van der Waals surface area contributed by atoms with E-state index >= 15 is 0 Å². The molecule has 6 nitrogen and oxygen atoms in total. The van der Waals surface area contributed by atoms with Crippen LogP contribution in [0.5, 0.6) is 5.75 Å². The number of ether oxygens (including phenoxy) is 1. The van der Waals surface area contributed by atoms with Crippen LogP contribution in [0.25, 0.3) is 0 Å². The predicted octanol–water partition coefficient (Wildman–Crippen LogP) is 6.89. The first-order valence-corrected chi connectivity index (χ1v) is 13.5. The molecule has 0 saturated carbocycles. The van der Waals surface area contributed by atoms with Crippen LogP contribution in [0.15, 0.2) is 106 Å². The first-order valence-electron chi connectivity index (χ1n) is 12.7. The van der Waals surface area contributed by atoms with Crippen molar-refractivity contribution in [3.05, 3.63) is 113 Å². The zero-order chi connectivity index (χ0) is 27.4. The fourth-order valence-corrected chi connectivity index (χ4v) is 5.51. The lowest BCUT2D eigenvalue weighted by Crippen LogP contribution is -2.30. The zero-order valence-electron chi connectivity index (χ0n) is 22.1. The number of nitrogens with one attached hydrogen (secondary N) is 1. The second-order valence-corrected chi connectivity index (χ2v) is 11.0. The van der Waals surface area contributed by atoms with E-state index in [9.17, 15) is 9.59 Å². The summed E-state index contributed by atoms with van der Waals surface area (Å²) in [6.07, 6.45) is 2.67. The molecule has 39 heavy (non-hydrogen) atoms. The summed E-state index contributed by atoms with van der Waals surface area (Å²) in [7, 11) is 1.63. The van der Waals surface area contributed by atoms with E-state index < -0.39 is 0 Å². The minimum absolute atomic E-state index is 0.0353. The highest BCUT2D eigenvalue weighted by atomic mass is 32.2. The van der Waals surface area contributed by atoms with Crippen LogP contribution < -0.4 is 10.1 Å². The van der Waals surface area contributed by atoms with E-state index in [0.717, 1.165) is 33.9 Å². The monoisotopic (exact) mass is 535 g/mol. The highest BCUT2D eigenvalue weighted by Gasteiger charge is 2.28. The number of rotatable bonds is 8. The minimum atomic E-state index is -0.282. The summed E-state index contributed by atoms with van der Waals surface area (Å²) >= 11 is 1.44. The third kappa shape index (κ3) is 6.26. The van der Waals surface area contributed by atoms with E-state index in [2.05, 4.69) is 30.2 Å². The van der Waals surface area contributed by atoms with Crippen LogP contribution in [0.1, 0.15) is 52.1 Å². The van der Waals surface area contributed by atoms with Gasteiger partial charge in [-0.3, -0.25) is 14.6 Å². The van der Waals surface area contributed by atoms with Gasteiger partial charge in [0.25, 0.3) is 5.91 Å². The molecule has 0 atom stereocenters. The van der Waals surface area contributed by atoms with Gasteiger partial charge < -0.3 is 10.1 Å². The standard InChI is InChI=1S/C32H29N3O3S/c1-32(2)20-22-13-16-24(38-3)18-27(22)28(35-32)19-29(36)21-11-14-23(15-12-21)34-30(37)26-10-7-17-33-31(26)39-25-8-5-4-6-9-25/h4-18H,19-20H2,1-3H3,(H,34,37). The summed E-state index contributed by atoms with van der Waals surface area (Å²) in [5.74, 6) is 0.449. The van der Waals surface area contributed by atoms with Gasteiger partial charge in [0, 0.05) is 27.9 Å². The van der Waals surface area contributed by atoms with Gasteiger partial charge in [0.05, 0.1) is 30.3 Å². The largest absolute Gasteiger partial charge is 0.497 e. The molecular formula is C32H29N3O3S. The van der Waals surface area contributed by atoms with Crippen molar-refractivity contribution in [1.29, 1.82) is 0 Å². The second kappa shape index (κ2) is 11.3. The van der Waals surface area contributed by atoms with E-state index in [1.807, 2.05) is 42.5 Å². The van der Waals surface area contributed by atoms with E-state index in [-0.39, 0.29) is 23.7 Å². The molecule has 3 aromatic carbocycles. The topological polar surface area (TPSA) is 80.6 Å². The van der Waals surface area contributed by atoms with Crippen LogP contribution in [0, 0.1) is 0 Å². The Hall–Kier alpha value is -4.23. The van der Waals surface area contributed by atoms with Gasteiger partial charge in [-0.2, -0.15) is 0 Å². The molecule has 0 spiro atoms. The zero-order valence-corrected chi connectivity index (χ0v) is 22.9. The lowest BCUT2D eigenvalue weighted by atomic mass is 9.85. The molecular weight excluding hydrogens is 506 g/mol. The number of pyridine rings is 1. The molecule has 0 saturated heterocycles. The van der Waals surface area contributed by atoms with Crippen molar-refractivity contribution in [1.82, 2.24) is 4.98 Å². The summed E-state index contributed by atoms with van der Waals surface area (Å²) in [4.78, 5) is 36.6. The van der Waals surface area contributed by atoms with Gasteiger partial charge in [-0.05, 0) is 86.5 Å². The van der Waals surface area contributed by atoms with Crippen LogP contribution in [-0.2, 0) is 6.42 Å². The Morgan fingerprint density at radius 2 is 1.74 bits per heavy atom. The fourth-order valence-electron chi connectivity index (χ4n) is 4.61. The van der Waals surface area contributed by atoms with Gasteiger partial charge in [-0.25, -0.2) is 4.98 Å². The van der Waals surface area contributed by atoms with Crippen molar-refractivity contribution in [3.63, 3.8) is 0 Å². The molecule has 1 aromatic heterocycles. The van der Waals surface area contributed by atoms with Crippen LogP contribution in [0.3, 0.4) is 0 Å². The summed E-state index contributed by atoms with van der Waals surface area (Å²) in [5, 5.41) is 3.55. The summed E-state index contributed by atoms with van der Waals surface area (Å²) < 4.78 is 5.40. The van der Waals surface area contributed by atoms with Gasteiger partial charge in [-0.15, -0.1) is 0 Å². The number of ketones is 1. The molecule has 1 N–H and O–H groups in total. The predicted molar refractivity (Wildman–Crippen MR) is 155 cm³/mol. The van der Waals surface area contributed by atoms with Gasteiger partial charge in [0.15, 0.2) is 5.78 Å². The molecule has 1 aliphatic heterocycles. The maximum absolute atomic E-state index is 13.3. The number of methoxy groups -OCH3 is 1. The van der Waals surface area contributed by atoms with Gasteiger partial charge >= 0.3 is 0 Å². The van der Waals surface area contributed by atoms with E-state index in [4.69, 9.17) is 9.73 Å². The lowest BCUT2D eigenvalue weighted by molar-refractivity contribution is 0.0998. The van der Waals surface area contributed by atoms with Crippen molar-refractivity contribution < 1.29 is 14.3 Å². The molecule has 0 bridgehead atoms. The van der Waals surface area contributed by atoms with E-state index in [1.54, 1.807) is 49.7 Å². The summed E-state index contributed by atoms with van der Waals surface area (Å²) in [6.45, 7) is 4.16. The van der Waals surface area contributed by atoms with Crippen molar-refractivity contribution in [2.75, 3.05) is 12.4 Å². The van der Waals surface area contributed by atoms with Crippen molar-refractivity contribution >= 4 is 34.9 Å². The Kier molecular flexibility index (Phi) is 7.61. The normalized spacial score (nSPS) is 13.7. The van der Waals surface area contributed by atoms with Gasteiger partial charge in [0.1, 0.15) is 10.8 Å². The van der Waals surface area contributed by atoms with Crippen LogP contribution in [-0.4, -0.2) is 35.0 Å². The Balaban J connectivity index is 1.29. The van der Waals surface area contributed by atoms with Crippen molar-refractivity contribution in [2.45, 2.75) is 42.1 Å².